The van der Waals surface area contributed by atoms with Gasteiger partial charge >= 0.3 is 17.6 Å². The summed E-state index contributed by atoms with van der Waals surface area (Å²) in [5.74, 6) is -1.76. The Morgan fingerprint density at radius 2 is 2.00 bits per heavy atom. The molecule has 1 aromatic rings. The number of aromatic nitrogens is 2. The van der Waals surface area contributed by atoms with Crippen LogP contribution in [0.4, 0.5) is 0 Å². The summed E-state index contributed by atoms with van der Waals surface area (Å²) in [7, 11) is 1.79. The molecule has 8 nitrogen and oxygen atoms in total. The predicted octanol–water partition coefficient (Wildman–Crippen LogP) is -0.0851. The Morgan fingerprint density at radius 1 is 1.33 bits per heavy atom. The van der Waals surface area contributed by atoms with Gasteiger partial charge in [-0.05, 0) is 26.8 Å². The second-order valence-electron chi connectivity index (χ2n) is 4.93. The van der Waals surface area contributed by atoms with Crippen LogP contribution < -0.4 is 16.6 Å². The van der Waals surface area contributed by atoms with E-state index in [0.29, 0.717) is 6.42 Å². The van der Waals surface area contributed by atoms with Crippen molar-refractivity contribution in [3.05, 3.63) is 32.6 Å². The SMILES string of the molecule is CCC(C)(CCC(=O)OC(=O)c1cc(=O)[nH]c(=O)[nH]1)NC. The van der Waals surface area contributed by atoms with Gasteiger partial charge in [-0.15, -0.1) is 0 Å². The fourth-order valence-corrected chi connectivity index (χ4v) is 1.64. The van der Waals surface area contributed by atoms with E-state index in [4.69, 9.17) is 0 Å². The van der Waals surface area contributed by atoms with Crippen LogP contribution in [0.2, 0.25) is 0 Å². The Kier molecular flexibility index (Phi) is 5.60. The molecule has 3 N–H and O–H groups in total. The Morgan fingerprint density at radius 3 is 2.52 bits per heavy atom. The van der Waals surface area contributed by atoms with Gasteiger partial charge in [0.25, 0.3) is 5.56 Å². The minimum Gasteiger partial charge on any atom is -0.388 e. The van der Waals surface area contributed by atoms with Crippen LogP contribution in [0.15, 0.2) is 15.7 Å². The van der Waals surface area contributed by atoms with Crippen LogP contribution in [-0.4, -0.2) is 34.5 Å². The number of esters is 2. The number of H-pyrrole nitrogens is 2. The average molecular weight is 297 g/mol. The van der Waals surface area contributed by atoms with Crippen molar-refractivity contribution in [2.45, 2.75) is 38.6 Å². The molecule has 0 spiro atoms. The molecule has 21 heavy (non-hydrogen) atoms. The zero-order valence-electron chi connectivity index (χ0n) is 12.2. The van der Waals surface area contributed by atoms with Gasteiger partial charge in [0, 0.05) is 18.0 Å². The maximum atomic E-state index is 11.6. The summed E-state index contributed by atoms with van der Waals surface area (Å²) in [6.07, 6.45) is 1.36. The van der Waals surface area contributed by atoms with Crippen molar-refractivity contribution in [3.63, 3.8) is 0 Å². The molecular formula is C13H19N3O5. The number of aromatic amines is 2. The van der Waals surface area contributed by atoms with Gasteiger partial charge in [0.1, 0.15) is 5.69 Å². The topological polar surface area (TPSA) is 121 Å². The lowest BCUT2D eigenvalue weighted by molar-refractivity contribution is -0.138. The molecule has 0 saturated heterocycles. The lowest BCUT2D eigenvalue weighted by atomic mass is 9.93. The lowest BCUT2D eigenvalue weighted by Crippen LogP contribution is -2.39. The molecule has 1 unspecified atom stereocenters. The van der Waals surface area contributed by atoms with Crippen LogP contribution in [-0.2, 0) is 9.53 Å². The monoisotopic (exact) mass is 297 g/mol. The molecule has 116 valence electrons. The molecule has 1 rings (SSSR count). The first-order chi connectivity index (χ1) is 9.79. The molecule has 0 radical (unpaired) electrons. The fraction of sp³-hybridized carbons (Fsp3) is 0.538. The maximum absolute atomic E-state index is 11.6. The highest BCUT2D eigenvalue weighted by Gasteiger charge is 2.22. The van der Waals surface area contributed by atoms with E-state index in [1.165, 1.54) is 0 Å². The Balaban J connectivity index is 2.64. The zero-order chi connectivity index (χ0) is 16.0. The number of ether oxygens (including phenoxy) is 1. The largest absolute Gasteiger partial charge is 0.388 e. The quantitative estimate of drug-likeness (QED) is 0.498. The first-order valence-corrected chi connectivity index (χ1v) is 6.57. The molecule has 1 aromatic heterocycles. The second-order valence-corrected chi connectivity index (χ2v) is 4.93. The van der Waals surface area contributed by atoms with Crippen molar-refractivity contribution >= 4 is 11.9 Å². The van der Waals surface area contributed by atoms with E-state index in [0.717, 1.165) is 12.5 Å². The summed E-state index contributed by atoms with van der Waals surface area (Å²) in [6.45, 7) is 3.93. The summed E-state index contributed by atoms with van der Waals surface area (Å²) in [5.41, 5.74) is -2.16. The van der Waals surface area contributed by atoms with E-state index in [1.54, 1.807) is 7.05 Å². The molecule has 0 aliphatic heterocycles. The van der Waals surface area contributed by atoms with Crippen LogP contribution in [0.25, 0.3) is 0 Å². The van der Waals surface area contributed by atoms with Gasteiger partial charge in [0.2, 0.25) is 0 Å². The highest BCUT2D eigenvalue weighted by Crippen LogP contribution is 2.16. The Labute approximate surface area is 120 Å². The third kappa shape index (κ3) is 4.99. The van der Waals surface area contributed by atoms with E-state index < -0.39 is 23.2 Å². The number of rotatable bonds is 6. The molecule has 0 aliphatic carbocycles. The number of hydrogen-bond acceptors (Lipinski definition) is 6. The normalized spacial score (nSPS) is 13.5. The zero-order valence-corrected chi connectivity index (χ0v) is 12.2. The van der Waals surface area contributed by atoms with E-state index in [-0.39, 0.29) is 17.7 Å². The Hall–Kier alpha value is -2.22. The predicted molar refractivity (Wildman–Crippen MR) is 75.1 cm³/mol. The number of hydrogen-bond donors (Lipinski definition) is 3. The average Bonchev–Trinajstić information content (AvgIpc) is 2.43. The molecular weight excluding hydrogens is 278 g/mol. The van der Waals surface area contributed by atoms with Crippen molar-refractivity contribution in [2.75, 3.05) is 7.05 Å². The van der Waals surface area contributed by atoms with Gasteiger partial charge in [0.05, 0.1) is 0 Å². The second kappa shape index (κ2) is 6.98. The molecule has 1 atom stereocenters. The van der Waals surface area contributed by atoms with Crippen molar-refractivity contribution in [1.29, 1.82) is 0 Å². The number of carbonyl (C=O) groups is 2. The molecule has 0 aromatic carbocycles. The van der Waals surface area contributed by atoms with Gasteiger partial charge in [-0.1, -0.05) is 6.92 Å². The molecule has 0 bridgehead atoms. The first kappa shape index (κ1) is 16.8. The van der Waals surface area contributed by atoms with E-state index in [1.807, 2.05) is 18.8 Å². The molecule has 0 amide bonds. The number of nitrogens with one attached hydrogen (secondary N) is 3. The van der Waals surface area contributed by atoms with Crippen molar-refractivity contribution in [3.8, 4) is 0 Å². The summed E-state index contributed by atoms with van der Waals surface area (Å²) < 4.78 is 4.60. The van der Waals surface area contributed by atoms with Gasteiger partial charge in [-0.25, -0.2) is 9.59 Å². The summed E-state index contributed by atoms with van der Waals surface area (Å²) >= 11 is 0. The third-order valence-corrected chi connectivity index (χ3v) is 3.45. The van der Waals surface area contributed by atoms with Crippen molar-refractivity contribution < 1.29 is 14.3 Å². The van der Waals surface area contributed by atoms with Gasteiger partial charge < -0.3 is 15.0 Å². The maximum Gasteiger partial charge on any atom is 0.362 e. The van der Waals surface area contributed by atoms with Crippen molar-refractivity contribution in [1.82, 2.24) is 15.3 Å². The highest BCUT2D eigenvalue weighted by molar-refractivity contribution is 5.95. The van der Waals surface area contributed by atoms with Crippen LogP contribution in [0.1, 0.15) is 43.6 Å². The van der Waals surface area contributed by atoms with Gasteiger partial charge in [-0.2, -0.15) is 0 Å². The van der Waals surface area contributed by atoms with E-state index in [9.17, 15) is 19.2 Å². The first-order valence-electron chi connectivity index (χ1n) is 6.57. The van der Waals surface area contributed by atoms with Gasteiger partial charge in [0.15, 0.2) is 0 Å². The van der Waals surface area contributed by atoms with Crippen molar-refractivity contribution in [2.24, 2.45) is 0 Å². The fourth-order valence-electron chi connectivity index (χ4n) is 1.64. The van der Waals surface area contributed by atoms with E-state index >= 15 is 0 Å². The summed E-state index contributed by atoms with van der Waals surface area (Å²) in [4.78, 5) is 49.4. The Bertz CT molecular complexity index is 599. The molecule has 0 aliphatic rings. The molecule has 0 saturated carbocycles. The number of carbonyl (C=O) groups excluding carboxylic acids is 2. The smallest absolute Gasteiger partial charge is 0.362 e. The van der Waals surface area contributed by atoms with Crippen LogP contribution in [0, 0.1) is 0 Å². The lowest BCUT2D eigenvalue weighted by Gasteiger charge is -2.27. The minimum atomic E-state index is -1.05. The molecule has 0 fully saturated rings. The summed E-state index contributed by atoms with van der Waals surface area (Å²) in [6, 6.07) is 0.862. The van der Waals surface area contributed by atoms with Gasteiger partial charge in [-0.3, -0.25) is 14.6 Å². The molecule has 8 heteroatoms. The minimum absolute atomic E-state index is 0.0460. The van der Waals surface area contributed by atoms with Crippen LogP contribution in [0.5, 0.6) is 0 Å². The summed E-state index contributed by atoms with van der Waals surface area (Å²) in [5, 5.41) is 3.10. The highest BCUT2D eigenvalue weighted by atomic mass is 16.6. The van der Waals surface area contributed by atoms with Crippen LogP contribution in [0.3, 0.4) is 0 Å². The van der Waals surface area contributed by atoms with Crippen LogP contribution >= 0.6 is 0 Å². The van der Waals surface area contributed by atoms with E-state index in [2.05, 4.69) is 15.0 Å². The third-order valence-electron chi connectivity index (χ3n) is 3.45. The molecule has 1 heterocycles. The standard InChI is InChI=1S/C13H19N3O5/c1-4-13(2,14-3)6-5-10(18)21-11(19)8-7-9(17)16-12(20)15-8/h7,14H,4-6H2,1-3H3,(H2,15,16,17,20).